The summed E-state index contributed by atoms with van der Waals surface area (Å²) in [5.74, 6) is -1.07. The van der Waals surface area contributed by atoms with E-state index in [1.807, 2.05) is 0 Å². The lowest BCUT2D eigenvalue weighted by molar-refractivity contribution is 0.0696. The third-order valence-corrected chi connectivity index (χ3v) is 4.11. The number of likely N-dealkylation sites (N-methyl/N-ethyl adjacent to an activating group) is 1. The molecule has 0 aliphatic carbocycles. The predicted molar refractivity (Wildman–Crippen MR) is 62.5 cm³/mol. The van der Waals surface area contributed by atoms with Gasteiger partial charge in [0.1, 0.15) is 0 Å². The molecule has 1 aromatic carbocycles. The van der Waals surface area contributed by atoms with Crippen LogP contribution in [0.15, 0.2) is 28.5 Å². The van der Waals surface area contributed by atoms with Gasteiger partial charge in [-0.05, 0) is 36.4 Å². The molecule has 1 heterocycles. The van der Waals surface area contributed by atoms with Gasteiger partial charge in [0, 0.05) is 12.0 Å². The molecular formula is C11H11NO4S. The molecule has 0 radical (unpaired) electrons. The maximum Gasteiger partial charge on any atom is 0.335 e. The average molecular weight is 253 g/mol. The molecule has 1 aliphatic rings. The molecule has 1 aliphatic heterocycles. The lowest BCUT2D eigenvalue weighted by atomic mass is 10.0. The molecule has 0 fully saturated rings. The van der Waals surface area contributed by atoms with Crippen LogP contribution >= 0.6 is 0 Å². The summed E-state index contributed by atoms with van der Waals surface area (Å²) in [6, 6.07) is 4.04. The standard InChI is InChI=1S/C11H11NO4S/c1-12-5-8-6-17(15,16)10-3-2-7(11(13)14)4-9(8)10/h2-4,6,12H,5H2,1H3,(H,13,14). The maximum absolute atomic E-state index is 11.8. The summed E-state index contributed by atoms with van der Waals surface area (Å²) < 4.78 is 23.5. The summed E-state index contributed by atoms with van der Waals surface area (Å²) in [6.07, 6.45) is 0. The first-order valence-corrected chi connectivity index (χ1v) is 6.48. The SMILES string of the molecule is CNCC1=CS(=O)(=O)c2ccc(C(=O)O)cc21. The summed E-state index contributed by atoms with van der Waals surface area (Å²) in [5, 5.41) is 12.9. The molecule has 0 saturated heterocycles. The van der Waals surface area contributed by atoms with Crippen LogP contribution in [0.5, 0.6) is 0 Å². The van der Waals surface area contributed by atoms with Gasteiger partial charge in [-0.1, -0.05) is 0 Å². The van der Waals surface area contributed by atoms with Gasteiger partial charge in [0.2, 0.25) is 9.84 Å². The fourth-order valence-electron chi connectivity index (χ4n) is 1.80. The number of fused-ring (bicyclic) bond motifs is 1. The van der Waals surface area contributed by atoms with Crippen molar-refractivity contribution in [2.45, 2.75) is 4.90 Å². The van der Waals surface area contributed by atoms with Crippen LogP contribution in [0, 0.1) is 0 Å². The second kappa shape index (κ2) is 3.97. The highest BCUT2D eigenvalue weighted by atomic mass is 32.2. The molecule has 0 saturated carbocycles. The first-order chi connectivity index (χ1) is 7.95. The summed E-state index contributed by atoms with van der Waals surface area (Å²) in [7, 11) is -1.71. The summed E-state index contributed by atoms with van der Waals surface area (Å²) >= 11 is 0. The minimum Gasteiger partial charge on any atom is -0.478 e. The number of carbonyl (C=O) groups is 1. The largest absolute Gasteiger partial charge is 0.478 e. The summed E-state index contributed by atoms with van der Waals surface area (Å²) in [5.41, 5.74) is 1.15. The number of benzene rings is 1. The van der Waals surface area contributed by atoms with Crippen molar-refractivity contribution in [1.29, 1.82) is 0 Å². The predicted octanol–water partition coefficient (Wildman–Crippen LogP) is 0.732. The van der Waals surface area contributed by atoms with Crippen molar-refractivity contribution in [3.8, 4) is 0 Å². The van der Waals surface area contributed by atoms with Crippen LogP contribution in [-0.4, -0.2) is 33.1 Å². The van der Waals surface area contributed by atoms with E-state index in [-0.39, 0.29) is 10.5 Å². The Bertz CT molecular complexity index is 616. The minimum absolute atomic E-state index is 0.0860. The van der Waals surface area contributed by atoms with Gasteiger partial charge in [-0.15, -0.1) is 0 Å². The Labute approximate surface area is 98.7 Å². The Balaban J connectivity index is 2.62. The van der Waals surface area contributed by atoms with Gasteiger partial charge in [-0.3, -0.25) is 0 Å². The van der Waals surface area contributed by atoms with Crippen LogP contribution in [-0.2, 0) is 9.84 Å². The molecule has 0 unspecified atom stereocenters. The zero-order chi connectivity index (χ0) is 12.6. The van der Waals surface area contributed by atoms with E-state index in [4.69, 9.17) is 5.11 Å². The summed E-state index contributed by atoms with van der Waals surface area (Å²) in [4.78, 5) is 11.0. The molecule has 6 heteroatoms. The number of carboxylic acid groups (broad SMARTS) is 1. The Kier molecular flexibility index (Phi) is 2.76. The zero-order valence-corrected chi connectivity index (χ0v) is 9.91. The molecule has 0 atom stereocenters. The van der Waals surface area contributed by atoms with Crippen LogP contribution in [0.25, 0.3) is 5.57 Å². The molecule has 0 aromatic heterocycles. The highest BCUT2D eigenvalue weighted by molar-refractivity contribution is 7.95. The Morgan fingerprint density at radius 1 is 1.41 bits per heavy atom. The van der Waals surface area contributed by atoms with Gasteiger partial charge < -0.3 is 10.4 Å². The molecular weight excluding hydrogens is 242 g/mol. The number of rotatable bonds is 3. The number of nitrogens with one attached hydrogen (secondary N) is 1. The van der Waals surface area contributed by atoms with Gasteiger partial charge in [0.25, 0.3) is 0 Å². The third kappa shape index (κ3) is 1.96. The van der Waals surface area contributed by atoms with Crippen LogP contribution in [0.2, 0.25) is 0 Å². The van der Waals surface area contributed by atoms with Crippen molar-refractivity contribution in [3.05, 3.63) is 34.7 Å². The number of hydrogen-bond donors (Lipinski definition) is 2. The first kappa shape index (κ1) is 11.8. The van der Waals surface area contributed by atoms with Crippen molar-refractivity contribution in [3.63, 3.8) is 0 Å². The van der Waals surface area contributed by atoms with E-state index in [0.717, 1.165) is 0 Å². The van der Waals surface area contributed by atoms with E-state index < -0.39 is 15.8 Å². The Morgan fingerprint density at radius 3 is 2.71 bits per heavy atom. The van der Waals surface area contributed by atoms with Crippen LogP contribution in [0.1, 0.15) is 15.9 Å². The van der Waals surface area contributed by atoms with Gasteiger partial charge in [0.15, 0.2) is 0 Å². The van der Waals surface area contributed by atoms with Crippen molar-refractivity contribution in [2.75, 3.05) is 13.6 Å². The smallest absolute Gasteiger partial charge is 0.335 e. The lowest BCUT2D eigenvalue weighted by Crippen LogP contribution is -2.09. The number of sulfone groups is 1. The maximum atomic E-state index is 11.8. The molecule has 90 valence electrons. The van der Waals surface area contributed by atoms with E-state index in [0.29, 0.717) is 17.7 Å². The zero-order valence-electron chi connectivity index (χ0n) is 9.10. The third-order valence-electron chi connectivity index (χ3n) is 2.54. The van der Waals surface area contributed by atoms with Crippen LogP contribution in [0.3, 0.4) is 0 Å². The number of carboxylic acids is 1. The van der Waals surface area contributed by atoms with Crippen molar-refractivity contribution >= 4 is 21.4 Å². The topological polar surface area (TPSA) is 83.5 Å². The molecule has 0 spiro atoms. The minimum atomic E-state index is -3.41. The molecule has 2 rings (SSSR count). The van der Waals surface area contributed by atoms with E-state index in [2.05, 4.69) is 5.32 Å². The van der Waals surface area contributed by atoms with Crippen molar-refractivity contribution < 1.29 is 18.3 Å². The average Bonchev–Trinajstić information content (AvgIpc) is 2.51. The normalized spacial score (nSPS) is 16.4. The van der Waals surface area contributed by atoms with Gasteiger partial charge in [0.05, 0.1) is 10.5 Å². The van der Waals surface area contributed by atoms with E-state index in [1.165, 1.54) is 23.6 Å². The van der Waals surface area contributed by atoms with E-state index in [1.54, 1.807) is 7.05 Å². The monoisotopic (exact) mass is 253 g/mol. The van der Waals surface area contributed by atoms with Gasteiger partial charge in [-0.25, -0.2) is 13.2 Å². The highest BCUT2D eigenvalue weighted by Crippen LogP contribution is 2.33. The van der Waals surface area contributed by atoms with Crippen LogP contribution < -0.4 is 5.32 Å². The van der Waals surface area contributed by atoms with Crippen molar-refractivity contribution in [1.82, 2.24) is 5.32 Å². The van der Waals surface area contributed by atoms with Gasteiger partial charge >= 0.3 is 5.97 Å². The number of aromatic carboxylic acids is 1. The Hall–Kier alpha value is -1.66. The van der Waals surface area contributed by atoms with E-state index >= 15 is 0 Å². The molecule has 1 aromatic rings. The summed E-state index contributed by atoms with van der Waals surface area (Å²) in [6.45, 7) is 0.384. The molecule has 5 nitrogen and oxygen atoms in total. The second-order valence-electron chi connectivity index (χ2n) is 3.73. The molecule has 2 N–H and O–H groups in total. The quantitative estimate of drug-likeness (QED) is 0.829. The Morgan fingerprint density at radius 2 is 2.12 bits per heavy atom. The molecule has 0 amide bonds. The highest BCUT2D eigenvalue weighted by Gasteiger charge is 2.27. The molecule has 0 bridgehead atoms. The lowest BCUT2D eigenvalue weighted by Gasteiger charge is -2.04. The van der Waals surface area contributed by atoms with Gasteiger partial charge in [-0.2, -0.15) is 0 Å². The van der Waals surface area contributed by atoms with Crippen molar-refractivity contribution in [2.24, 2.45) is 0 Å². The van der Waals surface area contributed by atoms with Crippen LogP contribution in [0.4, 0.5) is 0 Å². The first-order valence-electron chi connectivity index (χ1n) is 4.93. The van der Waals surface area contributed by atoms with E-state index in [9.17, 15) is 13.2 Å². The fraction of sp³-hybridized carbons (Fsp3) is 0.182. The fourth-order valence-corrected chi connectivity index (χ4v) is 3.27. The second-order valence-corrected chi connectivity index (χ2v) is 5.50. The molecule has 17 heavy (non-hydrogen) atoms. The number of hydrogen-bond acceptors (Lipinski definition) is 4.